The summed E-state index contributed by atoms with van der Waals surface area (Å²) in [6.07, 6.45) is 0.0850. The minimum atomic E-state index is -0.519. The van der Waals surface area contributed by atoms with E-state index in [1.54, 1.807) is 4.90 Å². The Morgan fingerprint density at radius 1 is 1.42 bits per heavy atom. The van der Waals surface area contributed by atoms with Crippen LogP contribution in [0.5, 0.6) is 0 Å². The maximum atomic E-state index is 11.9. The molecular weight excluding hydrogens is 246 g/mol. The van der Waals surface area contributed by atoms with E-state index in [0.717, 1.165) is 6.42 Å². The van der Waals surface area contributed by atoms with E-state index in [1.807, 2.05) is 34.6 Å². The van der Waals surface area contributed by atoms with Crippen molar-refractivity contribution >= 4 is 6.09 Å². The van der Waals surface area contributed by atoms with Crippen LogP contribution in [0.2, 0.25) is 0 Å². The first-order valence-corrected chi connectivity index (χ1v) is 6.96. The Morgan fingerprint density at radius 2 is 2.05 bits per heavy atom. The first kappa shape index (κ1) is 16.2. The van der Waals surface area contributed by atoms with Crippen molar-refractivity contribution in [3.63, 3.8) is 0 Å². The second kappa shape index (κ2) is 6.57. The second-order valence-electron chi connectivity index (χ2n) is 6.42. The predicted octanol–water partition coefficient (Wildman–Crippen LogP) is 2.03. The fourth-order valence-electron chi connectivity index (χ4n) is 2.02. The highest BCUT2D eigenvalue weighted by molar-refractivity contribution is 5.68. The summed E-state index contributed by atoms with van der Waals surface area (Å²) in [7, 11) is 0. The van der Waals surface area contributed by atoms with Gasteiger partial charge in [-0.15, -0.1) is 0 Å². The van der Waals surface area contributed by atoms with Gasteiger partial charge in [-0.2, -0.15) is 0 Å². The molecule has 1 N–H and O–H groups in total. The van der Waals surface area contributed by atoms with Crippen molar-refractivity contribution in [1.29, 1.82) is 0 Å². The van der Waals surface area contributed by atoms with E-state index in [9.17, 15) is 9.90 Å². The summed E-state index contributed by atoms with van der Waals surface area (Å²) >= 11 is 0. The number of aliphatic hydroxyl groups is 1. The number of aliphatic hydroxyl groups excluding tert-OH is 1. The van der Waals surface area contributed by atoms with E-state index in [2.05, 4.69) is 0 Å². The third kappa shape index (κ3) is 5.78. The Kier molecular flexibility index (Phi) is 5.62. The van der Waals surface area contributed by atoms with Gasteiger partial charge < -0.3 is 19.5 Å². The van der Waals surface area contributed by atoms with E-state index in [0.29, 0.717) is 19.7 Å². The fourth-order valence-corrected chi connectivity index (χ4v) is 2.02. The lowest BCUT2D eigenvalue weighted by Crippen LogP contribution is -2.37. The highest BCUT2D eigenvalue weighted by Crippen LogP contribution is 2.22. The highest BCUT2D eigenvalue weighted by atomic mass is 16.6. The lowest BCUT2D eigenvalue weighted by Gasteiger charge is -2.25. The van der Waals surface area contributed by atoms with Crippen LogP contribution >= 0.6 is 0 Å². The zero-order chi connectivity index (χ0) is 14.6. The second-order valence-corrected chi connectivity index (χ2v) is 6.42. The minimum absolute atomic E-state index is 0.0752. The third-order valence-corrected chi connectivity index (χ3v) is 3.02. The summed E-state index contributed by atoms with van der Waals surface area (Å²) in [5, 5.41) is 10.0. The molecule has 2 atom stereocenters. The molecule has 1 heterocycles. The molecule has 5 nitrogen and oxygen atoms in total. The molecule has 19 heavy (non-hydrogen) atoms. The molecule has 1 rings (SSSR count). The van der Waals surface area contributed by atoms with Crippen molar-refractivity contribution in [2.24, 2.45) is 5.92 Å². The number of amides is 1. The summed E-state index contributed by atoms with van der Waals surface area (Å²) in [6.45, 7) is 10.9. The number of carbonyl (C=O) groups excluding carboxylic acids is 1. The van der Waals surface area contributed by atoms with Crippen molar-refractivity contribution in [2.45, 2.75) is 58.8 Å². The number of ether oxygens (including phenoxy) is 2. The molecule has 0 spiro atoms. The SMILES string of the molecule is CC(C)OC[C@H](O)C1CCN(C(=O)OC(C)(C)C)C1. The number of likely N-dealkylation sites (tertiary alicyclic amines) is 1. The molecule has 0 aliphatic carbocycles. The van der Waals surface area contributed by atoms with Gasteiger partial charge in [-0.05, 0) is 41.0 Å². The van der Waals surface area contributed by atoms with Gasteiger partial charge in [-0.1, -0.05) is 0 Å². The number of nitrogens with zero attached hydrogens (tertiary/aromatic N) is 1. The summed E-state index contributed by atoms with van der Waals surface area (Å²) < 4.78 is 10.7. The molecule has 0 aromatic rings. The normalized spacial score (nSPS) is 21.8. The molecule has 0 aromatic carbocycles. The Morgan fingerprint density at radius 3 is 2.58 bits per heavy atom. The van der Waals surface area contributed by atoms with Gasteiger partial charge in [0.05, 0.1) is 18.8 Å². The van der Waals surface area contributed by atoms with Crippen LogP contribution in [-0.4, -0.2) is 53.6 Å². The van der Waals surface area contributed by atoms with Gasteiger partial charge in [0.1, 0.15) is 5.60 Å². The lowest BCUT2D eigenvalue weighted by molar-refractivity contribution is -0.0186. The predicted molar refractivity (Wildman–Crippen MR) is 73.0 cm³/mol. The lowest BCUT2D eigenvalue weighted by atomic mass is 10.0. The Hall–Kier alpha value is -0.810. The maximum absolute atomic E-state index is 11.9. The molecule has 1 aliphatic rings. The molecule has 0 radical (unpaired) electrons. The summed E-state index contributed by atoms with van der Waals surface area (Å²) in [5.41, 5.74) is -0.478. The number of rotatable bonds is 4. The van der Waals surface area contributed by atoms with Crippen molar-refractivity contribution in [1.82, 2.24) is 4.90 Å². The highest BCUT2D eigenvalue weighted by Gasteiger charge is 2.33. The Bertz CT molecular complexity index is 298. The monoisotopic (exact) mass is 273 g/mol. The molecule has 0 bridgehead atoms. The topological polar surface area (TPSA) is 59.0 Å². The zero-order valence-corrected chi connectivity index (χ0v) is 12.7. The van der Waals surface area contributed by atoms with E-state index >= 15 is 0 Å². The van der Waals surface area contributed by atoms with E-state index < -0.39 is 11.7 Å². The Balaban J connectivity index is 2.38. The summed E-state index contributed by atoms with van der Waals surface area (Å²) in [6, 6.07) is 0. The van der Waals surface area contributed by atoms with Crippen LogP contribution in [0.15, 0.2) is 0 Å². The molecule has 1 aliphatic heterocycles. The molecule has 5 heteroatoms. The van der Waals surface area contributed by atoms with Crippen molar-refractivity contribution in [3.8, 4) is 0 Å². The van der Waals surface area contributed by atoms with Crippen molar-refractivity contribution in [2.75, 3.05) is 19.7 Å². The van der Waals surface area contributed by atoms with Gasteiger partial charge >= 0.3 is 6.09 Å². The van der Waals surface area contributed by atoms with Gasteiger partial charge in [-0.3, -0.25) is 0 Å². The third-order valence-electron chi connectivity index (χ3n) is 3.02. The standard InChI is InChI=1S/C14H27NO4/c1-10(2)18-9-12(16)11-6-7-15(8-11)13(17)19-14(3,4)5/h10-12,16H,6-9H2,1-5H3/t11?,12-/m0/s1. The average molecular weight is 273 g/mol. The molecule has 1 amide bonds. The quantitative estimate of drug-likeness (QED) is 0.851. The number of carbonyl (C=O) groups is 1. The molecule has 112 valence electrons. The Labute approximate surface area is 115 Å². The molecule has 0 saturated carbocycles. The van der Waals surface area contributed by atoms with E-state index in [4.69, 9.17) is 9.47 Å². The summed E-state index contributed by atoms with van der Waals surface area (Å²) in [5.74, 6) is 0.0752. The number of hydrogen-bond donors (Lipinski definition) is 1. The summed E-state index contributed by atoms with van der Waals surface area (Å²) in [4.78, 5) is 13.5. The largest absolute Gasteiger partial charge is 0.444 e. The minimum Gasteiger partial charge on any atom is -0.444 e. The van der Waals surface area contributed by atoms with Crippen LogP contribution in [-0.2, 0) is 9.47 Å². The average Bonchev–Trinajstić information content (AvgIpc) is 2.72. The van der Waals surface area contributed by atoms with Crippen LogP contribution in [0.25, 0.3) is 0 Å². The van der Waals surface area contributed by atoms with Gasteiger partial charge in [0.15, 0.2) is 0 Å². The zero-order valence-electron chi connectivity index (χ0n) is 12.7. The molecule has 0 aromatic heterocycles. The molecule has 1 saturated heterocycles. The van der Waals surface area contributed by atoms with Crippen LogP contribution < -0.4 is 0 Å². The van der Waals surface area contributed by atoms with Crippen LogP contribution in [0, 0.1) is 5.92 Å². The maximum Gasteiger partial charge on any atom is 0.410 e. The van der Waals surface area contributed by atoms with Gasteiger partial charge in [-0.25, -0.2) is 4.79 Å². The smallest absolute Gasteiger partial charge is 0.410 e. The molecule has 1 fully saturated rings. The van der Waals surface area contributed by atoms with Gasteiger partial charge in [0.2, 0.25) is 0 Å². The van der Waals surface area contributed by atoms with Gasteiger partial charge in [0.25, 0.3) is 0 Å². The molecule has 1 unspecified atom stereocenters. The first-order chi connectivity index (χ1) is 8.69. The van der Waals surface area contributed by atoms with Crippen LogP contribution in [0.1, 0.15) is 41.0 Å². The van der Waals surface area contributed by atoms with Crippen molar-refractivity contribution in [3.05, 3.63) is 0 Å². The fraction of sp³-hybridized carbons (Fsp3) is 0.929. The van der Waals surface area contributed by atoms with Crippen molar-refractivity contribution < 1.29 is 19.4 Å². The van der Waals surface area contributed by atoms with Crippen LogP contribution in [0.3, 0.4) is 0 Å². The van der Waals surface area contributed by atoms with Gasteiger partial charge in [0, 0.05) is 19.0 Å². The van der Waals surface area contributed by atoms with E-state index in [1.165, 1.54) is 0 Å². The van der Waals surface area contributed by atoms with Crippen LogP contribution in [0.4, 0.5) is 4.79 Å². The molecular formula is C14H27NO4. The number of hydrogen-bond acceptors (Lipinski definition) is 4. The first-order valence-electron chi connectivity index (χ1n) is 6.96. The van der Waals surface area contributed by atoms with E-state index in [-0.39, 0.29) is 18.1 Å².